The number of benzene rings is 2. The van der Waals surface area contributed by atoms with E-state index in [4.69, 9.17) is 0 Å². The van der Waals surface area contributed by atoms with E-state index >= 15 is 0 Å². The summed E-state index contributed by atoms with van der Waals surface area (Å²) in [4.78, 5) is 15.6. The smallest absolute Gasteiger partial charge is 0.382 e. The molecule has 0 unspecified atom stereocenters. The van der Waals surface area contributed by atoms with Gasteiger partial charge in [-0.15, -0.1) is 10.2 Å². The average molecular weight is 607 g/mol. The van der Waals surface area contributed by atoms with Crippen molar-refractivity contribution in [3.05, 3.63) is 70.3 Å². The molecule has 2 heterocycles. The molecule has 0 radical (unpaired) electrons. The maximum absolute atomic E-state index is 14.5. The van der Waals surface area contributed by atoms with Crippen molar-refractivity contribution in [2.75, 3.05) is 10.2 Å². The van der Waals surface area contributed by atoms with Crippen LogP contribution in [-0.4, -0.2) is 32.3 Å². The van der Waals surface area contributed by atoms with Gasteiger partial charge in [0.2, 0.25) is 0 Å². The molecule has 10 heteroatoms. The summed E-state index contributed by atoms with van der Waals surface area (Å²) in [6, 6.07) is 9.32. The molecule has 1 amide bonds. The van der Waals surface area contributed by atoms with E-state index in [1.54, 1.807) is 12.4 Å². The van der Waals surface area contributed by atoms with Crippen molar-refractivity contribution in [1.82, 2.24) is 20.1 Å². The lowest BCUT2D eigenvalue weighted by Crippen LogP contribution is -2.47. The second-order valence-electron chi connectivity index (χ2n) is 14.1. The average Bonchev–Trinajstić information content (AvgIpc) is 3.69. The molecule has 2 aromatic carbocycles. The number of hydrogen-bond donors (Lipinski definition) is 2. The number of hydrogen-bond acceptors (Lipinski definition) is 5. The Morgan fingerprint density at radius 2 is 1.80 bits per heavy atom. The molecule has 4 aliphatic rings. The third-order valence-electron chi connectivity index (χ3n) is 10.6. The van der Waals surface area contributed by atoms with Crippen LogP contribution in [0.25, 0.3) is 0 Å². The van der Waals surface area contributed by atoms with Gasteiger partial charge in [-0.05, 0) is 105 Å². The van der Waals surface area contributed by atoms with Crippen molar-refractivity contribution >= 4 is 17.3 Å². The lowest BCUT2D eigenvalue weighted by atomic mass is 9.58. The Morgan fingerprint density at radius 3 is 2.41 bits per heavy atom. The van der Waals surface area contributed by atoms with Gasteiger partial charge < -0.3 is 20.1 Å². The van der Waals surface area contributed by atoms with Crippen LogP contribution >= 0.6 is 0 Å². The molecular weight excluding hydrogens is 565 g/mol. The summed E-state index contributed by atoms with van der Waals surface area (Å²) in [5.41, 5.74) is 2.05. The Kier molecular flexibility index (Phi) is 7.06. The number of fused-ring (bicyclic) bond motifs is 1. The molecule has 3 aromatic rings. The summed E-state index contributed by atoms with van der Waals surface area (Å²) >= 11 is 0. The highest BCUT2D eigenvalue weighted by Gasteiger charge is 2.49. The summed E-state index contributed by atoms with van der Waals surface area (Å²) in [7, 11) is 1.94. The fraction of sp³-hybridized carbons (Fsp3) is 0.559. The maximum atomic E-state index is 14.5. The van der Waals surface area contributed by atoms with Gasteiger partial charge in [-0.25, -0.2) is 0 Å². The predicted molar refractivity (Wildman–Crippen MR) is 164 cm³/mol. The monoisotopic (exact) mass is 606 g/mol. The largest absolute Gasteiger partial charge is 0.416 e. The molecule has 234 valence electrons. The number of nitrogens with zero attached hydrogens (tertiary/aromatic N) is 4. The Labute approximate surface area is 256 Å². The van der Waals surface area contributed by atoms with Gasteiger partial charge >= 0.3 is 6.18 Å². The van der Waals surface area contributed by atoms with E-state index < -0.39 is 11.7 Å². The SMILES string of the molecule is Cn1cnnc1[C@]1(c2cc(NC3CCCC3)cc(N3Cc4c(cc(CNC5(C)CCC5)cc4C(F)(F)F)C3=O)c2)C[C@H](C)C1. The van der Waals surface area contributed by atoms with Crippen molar-refractivity contribution in [2.45, 2.75) is 108 Å². The molecule has 1 aliphatic heterocycles. The molecule has 0 spiro atoms. The Morgan fingerprint density at radius 1 is 1.05 bits per heavy atom. The number of anilines is 2. The second-order valence-corrected chi connectivity index (χ2v) is 14.1. The van der Waals surface area contributed by atoms with Crippen LogP contribution in [0.1, 0.15) is 110 Å². The fourth-order valence-electron chi connectivity index (χ4n) is 8.06. The third-order valence-corrected chi connectivity index (χ3v) is 10.6. The molecule has 3 fully saturated rings. The zero-order valence-electron chi connectivity index (χ0n) is 25.7. The van der Waals surface area contributed by atoms with E-state index in [1.165, 1.54) is 23.8 Å². The first kappa shape index (κ1) is 29.3. The number of rotatable bonds is 8. The summed E-state index contributed by atoms with van der Waals surface area (Å²) in [6.45, 7) is 4.49. The summed E-state index contributed by atoms with van der Waals surface area (Å²) in [5, 5.41) is 15.8. The van der Waals surface area contributed by atoms with Crippen LogP contribution in [0.15, 0.2) is 36.7 Å². The van der Waals surface area contributed by atoms with E-state index in [0.29, 0.717) is 29.8 Å². The molecule has 3 aliphatic carbocycles. The highest BCUT2D eigenvalue weighted by Crippen LogP contribution is 2.53. The highest BCUT2D eigenvalue weighted by atomic mass is 19.4. The van der Waals surface area contributed by atoms with Gasteiger partial charge in [-0.2, -0.15) is 13.2 Å². The standard InChI is InChI=1S/C34H41F3N6O/c1-21-16-33(17-21,31-41-39-20-42(31)3)23-13-25(40-24-7-4-5-8-24)15-26(14-23)43-19-28-27(30(43)44)11-22(12-29(28)34(35,36)37)18-38-32(2)9-6-10-32/h11-15,20-21,24,38,40H,4-10,16-19H2,1-3H3/t21-,33+. The van der Waals surface area contributed by atoms with Crippen LogP contribution in [0.2, 0.25) is 0 Å². The van der Waals surface area contributed by atoms with Gasteiger partial charge in [0.05, 0.1) is 17.5 Å². The van der Waals surface area contributed by atoms with E-state index in [1.807, 2.05) is 23.7 Å². The van der Waals surface area contributed by atoms with Gasteiger partial charge in [0.1, 0.15) is 12.2 Å². The molecule has 7 nitrogen and oxygen atoms in total. The number of aromatic nitrogens is 3. The molecule has 3 saturated carbocycles. The molecule has 7 rings (SSSR count). The minimum atomic E-state index is -4.56. The van der Waals surface area contributed by atoms with Crippen molar-refractivity contribution in [1.29, 1.82) is 0 Å². The minimum Gasteiger partial charge on any atom is -0.382 e. The Hall–Kier alpha value is -3.40. The van der Waals surface area contributed by atoms with E-state index in [-0.39, 0.29) is 34.5 Å². The number of aryl methyl sites for hydroxylation is 1. The fourth-order valence-corrected chi connectivity index (χ4v) is 8.06. The first-order chi connectivity index (χ1) is 20.9. The van der Waals surface area contributed by atoms with E-state index in [9.17, 15) is 18.0 Å². The lowest BCUT2D eigenvalue weighted by molar-refractivity contribution is -0.138. The number of alkyl halides is 3. The molecule has 0 saturated heterocycles. The van der Waals surface area contributed by atoms with Crippen LogP contribution in [0.5, 0.6) is 0 Å². The Bertz CT molecular complexity index is 1580. The Balaban J connectivity index is 1.28. The van der Waals surface area contributed by atoms with Crippen LogP contribution in [0, 0.1) is 5.92 Å². The first-order valence-electron chi connectivity index (χ1n) is 16.0. The van der Waals surface area contributed by atoms with Crippen molar-refractivity contribution in [3.8, 4) is 0 Å². The summed E-state index contributed by atoms with van der Waals surface area (Å²) in [5.74, 6) is 0.968. The molecular formula is C34H41F3N6O. The highest BCUT2D eigenvalue weighted by molar-refractivity contribution is 6.10. The van der Waals surface area contributed by atoms with Crippen LogP contribution in [0.4, 0.5) is 24.5 Å². The number of amides is 1. The summed E-state index contributed by atoms with van der Waals surface area (Å²) in [6.07, 6.45) is 6.50. The van der Waals surface area contributed by atoms with Crippen LogP contribution < -0.4 is 15.5 Å². The molecule has 44 heavy (non-hydrogen) atoms. The van der Waals surface area contributed by atoms with Crippen LogP contribution in [0.3, 0.4) is 0 Å². The van der Waals surface area contributed by atoms with Crippen molar-refractivity contribution in [3.63, 3.8) is 0 Å². The molecule has 1 aromatic heterocycles. The number of halogens is 3. The van der Waals surface area contributed by atoms with Crippen molar-refractivity contribution < 1.29 is 18.0 Å². The van der Waals surface area contributed by atoms with Crippen LogP contribution in [-0.2, 0) is 31.7 Å². The minimum absolute atomic E-state index is 0.0529. The number of carbonyl (C=O) groups is 1. The van der Waals surface area contributed by atoms with Gasteiger partial charge in [0.15, 0.2) is 0 Å². The quantitative estimate of drug-likeness (QED) is 0.286. The van der Waals surface area contributed by atoms with Gasteiger partial charge in [-0.3, -0.25) is 4.79 Å². The van der Waals surface area contributed by atoms with E-state index in [0.717, 1.165) is 62.0 Å². The maximum Gasteiger partial charge on any atom is 0.416 e. The van der Waals surface area contributed by atoms with Gasteiger partial charge in [-0.1, -0.05) is 19.8 Å². The second kappa shape index (κ2) is 10.6. The number of carbonyl (C=O) groups excluding carboxylic acids is 1. The topological polar surface area (TPSA) is 75.1 Å². The van der Waals surface area contributed by atoms with Gasteiger partial charge in [0.25, 0.3) is 5.91 Å². The number of nitrogens with one attached hydrogen (secondary N) is 2. The summed E-state index contributed by atoms with van der Waals surface area (Å²) < 4.78 is 45.3. The third kappa shape index (κ3) is 5.08. The molecule has 2 N–H and O–H groups in total. The molecule has 0 atom stereocenters. The lowest BCUT2D eigenvalue weighted by Gasteiger charge is -2.46. The zero-order valence-corrected chi connectivity index (χ0v) is 25.7. The normalized spacial score (nSPS) is 24.7. The first-order valence-corrected chi connectivity index (χ1v) is 16.0. The van der Waals surface area contributed by atoms with Gasteiger partial charge in [0, 0.05) is 42.1 Å². The van der Waals surface area contributed by atoms with E-state index in [2.05, 4.69) is 40.7 Å². The van der Waals surface area contributed by atoms with Crippen molar-refractivity contribution in [2.24, 2.45) is 13.0 Å². The zero-order chi connectivity index (χ0) is 30.9. The molecule has 0 bridgehead atoms. The predicted octanol–water partition coefficient (Wildman–Crippen LogP) is 7.10.